The molecule has 2 amide bonds. The molecule has 1 saturated carbocycles. The zero-order valence-electron chi connectivity index (χ0n) is 15.2. The summed E-state index contributed by atoms with van der Waals surface area (Å²) in [6.07, 6.45) is 7.53. The molecule has 6 nitrogen and oxygen atoms in total. The van der Waals surface area contributed by atoms with E-state index in [1.807, 2.05) is 42.1 Å². The number of aliphatic hydroxyl groups is 1. The van der Waals surface area contributed by atoms with Gasteiger partial charge in [0.1, 0.15) is 0 Å². The molecule has 140 valence electrons. The van der Waals surface area contributed by atoms with Crippen molar-refractivity contribution >= 4 is 22.7 Å². The van der Waals surface area contributed by atoms with Gasteiger partial charge >= 0.3 is 11.8 Å². The van der Waals surface area contributed by atoms with Crippen LogP contribution in [0.5, 0.6) is 0 Å². The van der Waals surface area contributed by atoms with Gasteiger partial charge < -0.3 is 20.3 Å². The number of benzene rings is 1. The van der Waals surface area contributed by atoms with Gasteiger partial charge in [0.15, 0.2) is 0 Å². The van der Waals surface area contributed by atoms with Gasteiger partial charge in [-0.3, -0.25) is 9.59 Å². The van der Waals surface area contributed by atoms with Crippen molar-refractivity contribution in [3.8, 4) is 0 Å². The van der Waals surface area contributed by atoms with Gasteiger partial charge in [-0.1, -0.05) is 31.7 Å². The van der Waals surface area contributed by atoms with E-state index in [1.165, 1.54) is 12.8 Å². The van der Waals surface area contributed by atoms with E-state index in [1.54, 1.807) is 0 Å². The quantitative estimate of drug-likeness (QED) is 0.579. The molecule has 6 heteroatoms. The largest absolute Gasteiger partial charge is 0.387 e. The second-order valence-electron chi connectivity index (χ2n) is 7.13. The van der Waals surface area contributed by atoms with Crippen LogP contribution in [0.4, 0.5) is 0 Å². The van der Waals surface area contributed by atoms with E-state index in [9.17, 15) is 14.7 Å². The molecule has 3 N–H and O–H groups in total. The van der Waals surface area contributed by atoms with Gasteiger partial charge in [-0.15, -0.1) is 0 Å². The number of carbonyl (C=O) groups excluding carboxylic acids is 2. The monoisotopic (exact) mass is 357 g/mol. The van der Waals surface area contributed by atoms with Gasteiger partial charge in [-0.2, -0.15) is 0 Å². The Morgan fingerprint density at radius 3 is 2.62 bits per heavy atom. The Balaban J connectivity index is 1.51. The fraction of sp³-hybridized carbons (Fsp3) is 0.500. The molecule has 0 aliphatic heterocycles. The average molecular weight is 357 g/mol. The molecule has 0 radical (unpaired) electrons. The van der Waals surface area contributed by atoms with Crippen LogP contribution in [-0.4, -0.2) is 34.1 Å². The number of amides is 2. The van der Waals surface area contributed by atoms with Crippen LogP contribution in [0.2, 0.25) is 0 Å². The molecule has 1 heterocycles. The maximum absolute atomic E-state index is 12.0. The summed E-state index contributed by atoms with van der Waals surface area (Å²) in [5, 5.41) is 16.7. The number of fused-ring (bicyclic) bond motifs is 1. The normalized spacial score (nSPS) is 16.8. The van der Waals surface area contributed by atoms with Crippen LogP contribution < -0.4 is 10.6 Å². The molecular formula is C20H27N3O3. The molecule has 0 saturated heterocycles. The Labute approximate surface area is 153 Å². The van der Waals surface area contributed by atoms with Crippen molar-refractivity contribution in [2.24, 2.45) is 7.05 Å². The van der Waals surface area contributed by atoms with Crippen LogP contribution >= 0.6 is 0 Å². The molecule has 1 unspecified atom stereocenters. The van der Waals surface area contributed by atoms with Crippen molar-refractivity contribution in [3.63, 3.8) is 0 Å². The number of carbonyl (C=O) groups is 2. The molecule has 1 aromatic heterocycles. The first-order valence-electron chi connectivity index (χ1n) is 9.36. The molecule has 1 fully saturated rings. The van der Waals surface area contributed by atoms with Crippen molar-refractivity contribution in [1.82, 2.24) is 15.2 Å². The number of nitrogens with one attached hydrogen (secondary N) is 2. The predicted molar refractivity (Wildman–Crippen MR) is 101 cm³/mol. The van der Waals surface area contributed by atoms with E-state index in [2.05, 4.69) is 10.6 Å². The smallest absolute Gasteiger partial charge is 0.309 e. The summed E-state index contributed by atoms with van der Waals surface area (Å²) in [4.78, 5) is 24.1. The number of aromatic nitrogens is 1. The summed E-state index contributed by atoms with van der Waals surface area (Å²) < 4.78 is 2.01. The molecular weight excluding hydrogens is 330 g/mol. The third-order valence-electron chi connectivity index (χ3n) is 5.15. The predicted octanol–water partition coefficient (Wildman–Crippen LogP) is 2.17. The van der Waals surface area contributed by atoms with E-state index in [0.717, 1.165) is 36.6 Å². The molecule has 0 bridgehead atoms. The van der Waals surface area contributed by atoms with E-state index >= 15 is 0 Å². The van der Waals surface area contributed by atoms with Crippen molar-refractivity contribution in [3.05, 3.63) is 36.0 Å². The third kappa shape index (κ3) is 4.43. The highest BCUT2D eigenvalue weighted by atomic mass is 16.3. The highest BCUT2D eigenvalue weighted by Gasteiger charge is 2.20. The lowest BCUT2D eigenvalue weighted by Crippen LogP contribution is -2.45. The van der Waals surface area contributed by atoms with Crippen molar-refractivity contribution in [2.45, 2.75) is 50.7 Å². The number of aliphatic hydroxyl groups excluding tert-OH is 1. The number of hydrogen-bond acceptors (Lipinski definition) is 3. The van der Waals surface area contributed by atoms with Crippen LogP contribution in [0.15, 0.2) is 30.5 Å². The van der Waals surface area contributed by atoms with E-state index in [4.69, 9.17) is 0 Å². The first kappa shape index (κ1) is 18.5. The SMILES string of the molecule is Cn1ccc2cc(C(O)CNC(=O)C(=O)NC3CCCCCC3)ccc21. The zero-order chi connectivity index (χ0) is 18.5. The fourth-order valence-electron chi connectivity index (χ4n) is 3.57. The topological polar surface area (TPSA) is 83.4 Å². The van der Waals surface area contributed by atoms with E-state index in [0.29, 0.717) is 5.56 Å². The van der Waals surface area contributed by atoms with Crippen molar-refractivity contribution in [2.75, 3.05) is 6.54 Å². The summed E-state index contributed by atoms with van der Waals surface area (Å²) in [5.41, 5.74) is 1.79. The summed E-state index contributed by atoms with van der Waals surface area (Å²) in [7, 11) is 1.96. The minimum atomic E-state index is -0.853. The van der Waals surface area contributed by atoms with Crippen LogP contribution in [0.25, 0.3) is 10.9 Å². The maximum Gasteiger partial charge on any atom is 0.309 e. The number of aryl methyl sites for hydroxylation is 1. The fourth-order valence-corrected chi connectivity index (χ4v) is 3.57. The first-order chi connectivity index (χ1) is 12.5. The molecule has 1 aromatic carbocycles. The van der Waals surface area contributed by atoms with Crippen LogP contribution in [0.1, 0.15) is 50.2 Å². The van der Waals surface area contributed by atoms with E-state index < -0.39 is 17.9 Å². The van der Waals surface area contributed by atoms with Crippen molar-refractivity contribution < 1.29 is 14.7 Å². The highest BCUT2D eigenvalue weighted by Crippen LogP contribution is 2.21. The number of hydrogen-bond donors (Lipinski definition) is 3. The Kier molecular flexibility index (Phi) is 5.93. The molecule has 3 rings (SSSR count). The summed E-state index contributed by atoms with van der Waals surface area (Å²) in [6, 6.07) is 7.74. The van der Waals surface area contributed by atoms with Gasteiger partial charge in [0.25, 0.3) is 0 Å². The lowest BCUT2D eigenvalue weighted by Gasteiger charge is -2.17. The second kappa shape index (κ2) is 8.36. The highest BCUT2D eigenvalue weighted by molar-refractivity contribution is 6.35. The Morgan fingerprint density at radius 1 is 1.15 bits per heavy atom. The van der Waals surface area contributed by atoms with Gasteiger partial charge in [0, 0.05) is 31.3 Å². The Bertz CT molecular complexity index is 776. The molecule has 0 spiro atoms. The van der Waals surface area contributed by atoms with E-state index in [-0.39, 0.29) is 12.6 Å². The van der Waals surface area contributed by atoms with Gasteiger partial charge in [0.2, 0.25) is 0 Å². The third-order valence-corrected chi connectivity index (χ3v) is 5.15. The number of nitrogens with zero attached hydrogens (tertiary/aromatic N) is 1. The summed E-state index contributed by atoms with van der Waals surface area (Å²) in [6.45, 7) is 0.00919. The summed E-state index contributed by atoms with van der Waals surface area (Å²) in [5.74, 6) is -1.29. The molecule has 1 aliphatic carbocycles. The van der Waals surface area contributed by atoms with Crippen LogP contribution in [0, 0.1) is 0 Å². The second-order valence-corrected chi connectivity index (χ2v) is 7.13. The lowest BCUT2D eigenvalue weighted by molar-refractivity contribution is -0.139. The lowest BCUT2D eigenvalue weighted by atomic mass is 10.1. The van der Waals surface area contributed by atoms with Gasteiger partial charge in [-0.05, 0) is 42.0 Å². The molecule has 2 aromatic rings. The standard InChI is InChI=1S/C20H27N3O3/c1-23-11-10-14-12-15(8-9-17(14)23)18(24)13-21-19(25)20(26)22-16-6-4-2-3-5-7-16/h8-12,16,18,24H,2-7,13H2,1H3,(H,21,25)(H,22,26). The molecule has 26 heavy (non-hydrogen) atoms. The molecule has 1 atom stereocenters. The van der Waals surface area contributed by atoms with Crippen LogP contribution in [0.3, 0.4) is 0 Å². The minimum absolute atomic E-state index is 0.00919. The van der Waals surface area contributed by atoms with Gasteiger partial charge in [0.05, 0.1) is 6.10 Å². The number of rotatable bonds is 4. The maximum atomic E-state index is 12.0. The van der Waals surface area contributed by atoms with Crippen molar-refractivity contribution in [1.29, 1.82) is 0 Å². The Morgan fingerprint density at radius 2 is 1.88 bits per heavy atom. The summed E-state index contributed by atoms with van der Waals surface area (Å²) >= 11 is 0. The average Bonchev–Trinajstić information content (AvgIpc) is 2.84. The Hall–Kier alpha value is -2.34. The zero-order valence-corrected chi connectivity index (χ0v) is 15.2. The minimum Gasteiger partial charge on any atom is -0.387 e. The molecule has 1 aliphatic rings. The van der Waals surface area contributed by atoms with Gasteiger partial charge in [-0.25, -0.2) is 0 Å². The van der Waals surface area contributed by atoms with Crippen LogP contribution in [-0.2, 0) is 16.6 Å². The first-order valence-corrected chi connectivity index (χ1v) is 9.36.